The van der Waals surface area contributed by atoms with Crippen LogP contribution in [0.5, 0.6) is 0 Å². The van der Waals surface area contributed by atoms with Crippen molar-refractivity contribution in [2.24, 2.45) is 0 Å². The lowest BCUT2D eigenvalue weighted by molar-refractivity contribution is 0.129. The van der Waals surface area contributed by atoms with Gasteiger partial charge in [0, 0.05) is 31.7 Å². The first-order chi connectivity index (χ1) is 15.2. The molecule has 0 unspecified atom stereocenters. The van der Waals surface area contributed by atoms with Crippen LogP contribution in [-0.4, -0.2) is 72.7 Å². The zero-order chi connectivity index (χ0) is 21.2. The van der Waals surface area contributed by atoms with Gasteiger partial charge in [-0.15, -0.1) is 10.2 Å². The lowest BCUT2D eigenvalue weighted by atomic mass is 10.1. The van der Waals surface area contributed by atoms with Gasteiger partial charge in [-0.25, -0.2) is 4.98 Å². The molecule has 31 heavy (non-hydrogen) atoms. The molecule has 0 amide bonds. The Kier molecular flexibility index (Phi) is 5.27. The Morgan fingerprint density at radius 3 is 2.48 bits per heavy atom. The van der Waals surface area contributed by atoms with Crippen LogP contribution in [0, 0.1) is 0 Å². The van der Waals surface area contributed by atoms with Crippen LogP contribution in [0.4, 0.5) is 0 Å². The first-order valence-corrected chi connectivity index (χ1v) is 10.5. The number of H-pyrrole nitrogens is 1. The van der Waals surface area contributed by atoms with Crippen molar-refractivity contribution in [2.75, 3.05) is 32.7 Å². The number of aromatic nitrogens is 6. The summed E-state index contributed by atoms with van der Waals surface area (Å²) in [5.41, 5.74) is 2.12. The van der Waals surface area contributed by atoms with Crippen molar-refractivity contribution in [1.82, 2.24) is 40.0 Å². The van der Waals surface area contributed by atoms with Crippen molar-refractivity contribution in [3.05, 3.63) is 64.7 Å². The number of nitrogens with one attached hydrogen (secondary N) is 1. The second-order valence-electron chi connectivity index (χ2n) is 7.68. The SMILES string of the molecule is CCN1CCN(Cc2nc3ccc(-c4nn[nH]n4)cc3c(=O)n2-c2ccccc2)CC1. The minimum Gasteiger partial charge on any atom is -0.301 e. The number of tetrazole rings is 1. The quantitative estimate of drug-likeness (QED) is 0.529. The third kappa shape index (κ3) is 3.85. The normalized spacial score (nSPS) is 15.5. The summed E-state index contributed by atoms with van der Waals surface area (Å²) >= 11 is 0. The molecule has 9 heteroatoms. The highest BCUT2D eigenvalue weighted by atomic mass is 16.1. The second-order valence-corrected chi connectivity index (χ2v) is 7.68. The number of hydrogen-bond donors (Lipinski definition) is 1. The van der Waals surface area contributed by atoms with E-state index in [-0.39, 0.29) is 5.56 Å². The molecule has 0 aliphatic carbocycles. The van der Waals surface area contributed by atoms with Crippen molar-refractivity contribution in [1.29, 1.82) is 0 Å². The van der Waals surface area contributed by atoms with Crippen LogP contribution < -0.4 is 5.56 Å². The van der Waals surface area contributed by atoms with E-state index in [9.17, 15) is 4.79 Å². The van der Waals surface area contributed by atoms with Crippen molar-refractivity contribution in [2.45, 2.75) is 13.5 Å². The van der Waals surface area contributed by atoms with E-state index in [4.69, 9.17) is 4.98 Å². The minimum absolute atomic E-state index is 0.0938. The van der Waals surface area contributed by atoms with E-state index in [0.717, 1.165) is 49.8 Å². The van der Waals surface area contributed by atoms with Gasteiger partial charge in [0.15, 0.2) is 0 Å². The van der Waals surface area contributed by atoms with Crippen LogP contribution in [0.15, 0.2) is 53.3 Å². The van der Waals surface area contributed by atoms with E-state index in [1.807, 2.05) is 42.5 Å². The lowest BCUT2D eigenvalue weighted by Gasteiger charge is -2.34. The number of para-hydroxylation sites is 1. The monoisotopic (exact) mass is 416 g/mol. The molecule has 1 N–H and O–H groups in total. The van der Waals surface area contributed by atoms with Crippen molar-refractivity contribution in [3.63, 3.8) is 0 Å². The third-order valence-corrected chi connectivity index (χ3v) is 5.83. The lowest BCUT2D eigenvalue weighted by Crippen LogP contribution is -2.46. The van der Waals surface area contributed by atoms with Crippen molar-refractivity contribution < 1.29 is 0 Å². The number of fused-ring (bicyclic) bond motifs is 1. The second kappa shape index (κ2) is 8.37. The van der Waals surface area contributed by atoms with E-state index < -0.39 is 0 Å². The fourth-order valence-electron chi connectivity index (χ4n) is 4.07. The summed E-state index contributed by atoms with van der Waals surface area (Å²) in [5, 5.41) is 14.6. The topological polar surface area (TPSA) is 95.8 Å². The van der Waals surface area contributed by atoms with Crippen LogP contribution >= 0.6 is 0 Å². The molecular weight excluding hydrogens is 392 g/mol. The summed E-state index contributed by atoms with van der Waals surface area (Å²) in [7, 11) is 0. The van der Waals surface area contributed by atoms with E-state index >= 15 is 0 Å². The molecule has 0 saturated carbocycles. The molecule has 0 bridgehead atoms. The summed E-state index contributed by atoms with van der Waals surface area (Å²) in [6.07, 6.45) is 0. The average molecular weight is 416 g/mol. The molecular formula is C22H24N8O. The maximum atomic E-state index is 13.6. The highest BCUT2D eigenvalue weighted by Gasteiger charge is 2.20. The molecule has 0 radical (unpaired) electrons. The predicted octanol–water partition coefficient (Wildman–Crippen LogP) is 1.70. The maximum absolute atomic E-state index is 13.6. The van der Waals surface area contributed by atoms with Gasteiger partial charge in [0.25, 0.3) is 5.56 Å². The predicted molar refractivity (Wildman–Crippen MR) is 118 cm³/mol. The Hall–Kier alpha value is -3.43. The van der Waals surface area contributed by atoms with Gasteiger partial charge in [-0.1, -0.05) is 25.1 Å². The molecule has 1 saturated heterocycles. The molecule has 2 aromatic heterocycles. The van der Waals surface area contributed by atoms with Crippen LogP contribution in [-0.2, 0) is 6.54 Å². The number of likely N-dealkylation sites (N-methyl/N-ethyl adjacent to an activating group) is 1. The Bertz CT molecular complexity index is 1230. The number of benzene rings is 2. The minimum atomic E-state index is -0.0938. The Balaban J connectivity index is 1.60. The van der Waals surface area contributed by atoms with Gasteiger partial charge >= 0.3 is 0 Å². The summed E-state index contributed by atoms with van der Waals surface area (Å²) < 4.78 is 1.73. The summed E-state index contributed by atoms with van der Waals surface area (Å²) in [5.74, 6) is 1.20. The zero-order valence-corrected chi connectivity index (χ0v) is 17.4. The molecule has 158 valence electrons. The molecule has 2 aromatic carbocycles. The van der Waals surface area contributed by atoms with Crippen LogP contribution in [0.25, 0.3) is 28.0 Å². The molecule has 1 fully saturated rings. The first kappa shape index (κ1) is 19.5. The van der Waals surface area contributed by atoms with Crippen molar-refractivity contribution >= 4 is 10.9 Å². The highest BCUT2D eigenvalue weighted by molar-refractivity contribution is 5.82. The number of nitrogens with zero attached hydrogens (tertiary/aromatic N) is 7. The Labute approximate surface area is 179 Å². The smallest absolute Gasteiger partial charge is 0.266 e. The molecule has 3 heterocycles. The summed E-state index contributed by atoms with van der Waals surface area (Å²) in [6.45, 7) is 7.89. The number of rotatable bonds is 5. The molecule has 5 rings (SSSR count). The molecule has 1 aliphatic heterocycles. The molecule has 4 aromatic rings. The van der Waals surface area contributed by atoms with Gasteiger partial charge in [0.1, 0.15) is 5.82 Å². The zero-order valence-electron chi connectivity index (χ0n) is 17.4. The van der Waals surface area contributed by atoms with Gasteiger partial charge in [0.2, 0.25) is 5.82 Å². The fraction of sp³-hybridized carbons (Fsp3) is 0.318. The average Bonchev–Trinajstić information content (AvgIpc) is 3.35. The van der Waals surface area contributed by atoms with Crippen LogP contribution in [0.3, 0.4) is 0 Å². The van der Waals surface area contributed by atoms with E-state index in [2.05, 4.69) is 37.3 Å². The van der Waals surface area contributed by atoms with Crippen LogP contribution in [0.1, 0.15) is 12.7 Å². The fourth-order valence-corrected chi connectivity index (χ4v) is 4.07. The number of piperazine rings is 1. The van der Waals surface area contributed by atoms with E-state index in [1.165, 1.54) is 0 Å². The molecule has 1 aliphatic rings. The largest absolute Gasteiger partial charge is 0.301 e. The third-order valence-electron chi connectivity index (χ3n) is 5.83. The van der Waals surface area contributed by atoms with Gasteiger partial charge in [0.05, 0.1) is 23.1 Å². The van der Waals surface area contributed by atoms with Gasteiger partial charge in [-0.05, 0) is 42.1 Å². The van der Waals surface area contributed by atoms with Gasteiger partial charge in [-0.2, -0.15) is 5.21 Å². The van der Waals surface area contributed by atoms with Crippen LogP contribution in [0.2, 0.25) is 0 Å². The molecule has 0 atom stereocenters. The standard InChI is InChI=1S/C22H24N8O/c1-2-28-10-12-29(13-11-28)15-20-23-19-9-8-16(21-24-26-27-25-21)14-18(19)22(31)30(20)17-6-4-3-5-7-17/h3-9,14H,2,10-13,15H2,1H3,(H,24,25,26,27). The molecule has 0 spiro atoms. The Morgan fingerprint density at radius 2 is 1.77 bits per heavy atom. The number of hydrogen-bond acceptors (Lipinski definition) is 7. The maximum Gasteiger partial charge on any atom is 0.266 e. The van der Waals surface area contributed by atoms with E-state index in [0.29, 0.717) is 23.3 Å². The first-order valence-electron chi connectivity index (χ1n) is 10.5. The summed E-state index contributed by atoms with van der Waals surface area (Å²) in [4.78, 5) is 23.4. The highest BCUT2D eigenvalue weighted by Crippen LogP contribution is 2.20. The van der Waals surface area contributed by atoms with E-state index in [1.54, 1.807) is 10.6 Å². The molecule has 9 nitrogen and oxygen atoms in total. The van der Waals surface area contributed by atoms with Gasteiger partial charge in [-0.3, -0.25) is 14.3 Å². The number of aromatic amines is 1. The van der Waals surface area contributed by atoms with Gasteiger partial charge < -0.3 is 4.90 Å². The van der Waals surface area contributed by atoms with Crippen molar-refractivity contribution in [3.8, 4) is 17.1 Å². The summed E-state index contributed by atoms with van der Waals surface area (Å²) in [6, 6.07) is 15.2. The Morgan fingerprint density at radius 1 is 1.00 bits per heavy atom.